The van der Waals surface area contributed by atoms with E-state index in [2.05, 4.69) is 65.1 Å². The van der Waals surface area contributed by atoms with Crippen LogP contribution < -0.4 is 4.72 Å². The monoisotopic (exact) mass is 687 g/mol. The van der Waals surface area contributed by atoms with Crippen molar-refractivity contribution in [2.45, 2.75) is 89.8 Å². The SMILES string of the molecule is Cc1ccc2c(c1)C1CC1(C(=O)N1C[C@@H](C)N(C)[C@@H](C)C1)Cn1c-2c(C2CCCCC2)c2ccc(C(=O)NS(=O)(=O)N3CCOCC3)cc21. The Morgan fingerprint density at radius 2 is 1.67 bits per heavy atom. The molecule has 5 aliphatic rings. The van der Waals surface area contributed by atoms with Gasteiger partial charge in [0.1, 0.15) is 0 Å². The van der Waals surface area contributed by atoms with Gasteiger partial charge in [0.2, 0.25) is 5.91 Å². The van der Waals surface area contributed by atoms with Crippen LogP contribution in [-0.2, 0) is 26.3 Å². The van der Waals surface area contributed by atoms with Gasteiger partial charge in [-0.15, -0.1) is 0 Å². The van der Waals surface area contributed by atoms with Crippen LogP contribution in [0.2, 0.25) is 0 Å². The van der Waals surface area contributed by atoms with Crippen molar-refractivity contribution in [3.8, 4) is 11.3 Å². The number of hydrogen-bond donors (Lipinski definition) is 1. The Hall–Kier alpha value is -3.25. The third kappa shape index (κ3) is 5.52. The Bertz CT molecular complexity index is 1920. The van der Waals surface area contributed by atoms with E-state index in [9.17, 15) is 18.0 Å². The van der Waals surface area contributed by atoms with E-state index in [4.69, 9.17) is 4.74 Å². The van der Waals surface area contributed by atoms with Gasteiger partial charge in [-0.25, -0.2) is 4.72 Å². The lowest BCUT2D eigenvalue weighted by Gasteiger charge is -2.43. The first-order valence-corrected chi connectivity index (χ1v) is 19.6. The number of fused-ring (bicyclic) bond motifs is 7. The second kappa shape index (κ2) is 12.2. The third-order valence-corrected chi connectivity index (χ3v) is 13.8. The number of likely N-dealkylation sites (N-methyl/N-ethyl adjacent to an activating group) is 1. The molecular formula is C38H49N5O5S. The molecule has 49 heavy (non-hydrogen) atoms. The lowest BCUT2D eigenvalue weighted by atomic mass is 9.81. The van der Waals surface area contributed by atoms with E-state index in [0.717, 1.165) is 30.2 Å². The molecule has 262 valence electrons. The van der Waals surface area contributed by atoms with Crippen LogP contribution in [0, 0.1) is 12.3 Å². The van der Waals surface area contributed by atoms with E-state index < -0.39 is 21.5 Å². The number of carbonyl (C=O) groups excluding carboxylic acids is 2. The number of rotatable bonds is 5. The average Bonchev–Trinajstić information content (AvgIpc) is 3.77. The summed E-state index contributed by atoms with van der Waals surface area (Å²) in [6, 6.07) is 12.9. The van der Waals surface area contributed by atoms with Crippen LogP contribution in [-0.4, -0.2) is 97.4 Å². The highest BCUT2D eigenvalue weighted by Gasteiger charge is 2.64. The van der Waals surface area contributed by atoms with Crippen molar-refractivity contribution in [1.29, 1.82) is 0 Å². The van der Waals surface area contributed by atoms with E-state index >= 15 is 0 Å². The van der Waals surface area contributed by atoms with Crippen molar-refractivity contribution in [3.63, 3.8) is 0 Å². The quantitative estimate of drug-likeness (QED) is 0.405. The molecule has 2 aromatic carbocycles. The smallest absolute Gasteiger partial charge is 0.304 e. The highest BCUT2D eigenvalue weighted by Crippen LogP contribution is 2.66. The maximum Gasteiger partial charge on any atom is 0.304 e. The highest BCUT2D eigenvalue weighted by molar-refractivity contribution is 7.87. The Morgan fingerprint density at radius 1 is 0.959 bits per heavy atom. The van der Waals surface area contributed by atoms with Crippen molar-refractivity contribution in [1.82, 2.24) is 23.4 Å². The molecule has 0 bridgehead atoms. The van der Waals surface area contributed by atoms with Gasteiger partial charge in [-0.1, -0.05) is 49.1 Å². The summed E-state index contributed by atoms with van der Waals surface area (Å²) in [5.41, 5.74) is 6.77. The molecule has 4 fully saturated rings. The van der Waals surface area contributed by atoms with E-state index in [-0.39, 0.29) is 37.0 Å². The largest absolute Gasteiger partial charge is 0.379 e. The number of piperazine rings is 1. The lowest BCUT2D eigenvalue weighted by molar-refractivity contribution is -0.141. The molecule has 11 heteroatoms. The molecule has 0 radical (unpaired) electrons. The van der Waals surface area contributed by atoms with Crippen LogP contribution in [0.1, 0.15) is 91.3 Å². The minimum absolute atomic E-state index is 0.125. The van der Waals surface area contributed by atoms with Crippen LogP contribution in [0.5, 0.6) is 0 Å². The summed E-state index contributed by atoms with van der Waals surface area (Å²) in [4.78, 5) is 33.0. The molecule has 1 N–H and O–H groups in total. The van der Waals surface area contributed by atoms with Crippen LogP contribution in [0.3, 0.4) is 0 Å². The van der Waals surface area contributed by atoms with Gasteiger partial charge >= 0.3 is 10.2 Å². The average molecular weight is 688 g/mol. The number of aromatic nitrogens is 1. The molecule has 4 atom stereocenters. The molecule has 3 aromatic rings. The van der Waals surface area contributed by atoms with Gasteiger partial charge in [-0.05, 0) is 76.3 Å². The zero-order chi connectivity index (χ0) is 34.2. The van der Waals surface area contributed by atoms with E-state index in [1.807, 2.05) is 12.1 Å². The summed E-state index contributed by atoms with van der Waals surface area (Å²) >= 11 is 0. The van der Waals surface area contributed by atoms with E-state index in [1.54, 1.807) is 6.07 Å². The van der Waals surface area contributed by atoms with Gasteiger partial charge in [-0.2, -0.15) is 12.7 Å². The summed E-state index contributed by atoms with van der Waals surface area (Å²) in [5.74, 6) is 0.0855. The molecule has 2 unspecified atom stereocenters. The van der Waals surface area contributed by atoms with Crippen molar-refractivity contribution >= 4 is 32.9 Å². The molecule has 10 nitrogen and oxygen atoms in total. The van der Waals surface area contributed by atoms with Crippen LogP contribution in [0.4, 0.5) is 0 Å². The normalized spacial score (nSPS) is 28.0. The van der Waals surface area contributed by atoms with Crippen LogP contribution in [0.15, 0.2) is 36.4 Å². The highest BCUT2D eigenvalue weighted by atomic mass is 32.2. The lowest BCUT2D eigenvalue weighted by Crippen LogP contribution is -2.58. The number of morpholine rings is 1. The molecule has 2 saturated heterocycles. The summed E-state index contributed by atoms with van der Waals surface area (Å²) in [5, 5.41) is 1.10. The van der Waals surface area contributed by atoms with Gasteiger partial charge in [0.05, 0.1) is 24.3 Å². The van der Waals surface area contributed by atoms with Gasteiger partial charge in [0.15, 0.2) is 0 Å². The molecule has 2 amide bonds. The van der Waals surface area contributed by atoms with E-state index in [0.29, 0.717) is 44.3 Å². The summed E-state index contributed by atoms with van der Waals surface area (Å²) in [6.07, 6.45) is 6.62. The minimum atomic E-state index is -4.02. The fourth-order valence-electron chi connectivity index (χ4n) is 9.35. The number of carbonyl (C=O) groups is 2. The fourth-order valence-corrected chi connectivity index (χ4v) is 10.5. The predicted octanol–water partition coefficient (Wildman–Crippen LogP) is 5.01. The molecule has 8 rings (SSSR count). The Kier molecular flexibility index (Phi) is 8.21. The van der Waals surface area contributed by atoms with Crippen molar-refractivity contribution in [2.75, 3.05) is 46.4 Å². The number of nitrogens with one attached hydrogen (secondary N) is 1. The number of amides is 2. The molecule has 3 aliphatic heterocycles. The number of benzene rings is 2. The molecule has 0 spiro atoms. The van der Waals surface area contributed by atoms with Gasteiger partial charge in [0.25, 0.3) is 5.91 Å². The maximum absolute atomic E-state index is 14.8. The number of ether oxygens (including phenoxy) is 1. The van der Waals surface area contributed by atoms with Crippen LogP contribution in [0.25, 0.3) is 22.2 Å². The molecule has 2 saturated carbocycles. The standard InChI is InChI=1S/C38H49N5O5S/c1-24-10-12-29-31(18-24)32-20-38(32,37(45)41-21-25(2)40(4)26(3)22-41)23-43-33-19-28(36(44)39-49(46,47)42-14-16-48-17-15-42)11-13-30(33)34(35(29)43)27-8-6-5-7-9-27/h10-13,18-19,25-27,32H,5-9,14-17,20-23H2,1-4H3,(H,39,44)/t25-,26+,32?,38?. The number of nitrogens with zero attached hydrogens (tertiary/aromatic N) is 4. The zero-order valence-electron chi connectivity index (χ0n) is 29.2. The van der Waals surface area contributed by atoms with Gasteiger partial charge in [0, 0.05) is 72.8 Å². The topological polar surface area (TPSA) is 104 Å². The molecule has 4 heterocycles. The summed E-state index contributed by atoms with van der Waals surface area (Å²) in [7, 11) is -1.87. The first-order valence-electron chi connectivity index (χ1n) is 18.2. The second-order valence-electron chi connectivity index (χ2n) is 15.4. The molecule has 1 aromatic heterocycles. The number of hydrogen-bond acceptors (Lipinski definition) is 6. The molecular weight excluding hydrogens is 639 g/mol. The minimum Gasteiger partial charge on any atom is -0.379 e. The number of aryl methyl sites for hydroxylation is 1. The van der Waals surface area contributed by atoms with Crippen LogP contribution >= 0.6 is 0 Å². The fraction of sp³-hybridized carbons (Fsp3) is 0.579. The Labute approximate surface area is 289 Å². The summed E-state index contributed by atoms with van der Waals surface area (Å²) in [6.45, 7) is 9.51. The van der Waals surface area contributed by atoms with Crippen molar-refractivity contribution < 1.29 is 22.7 Å². The zero-order valence-corrected chi connectivity index (χ0v) is 30.0. The maximum atomic E-state index is 14.8. The Balaban J connectivity index is 1.26. The second-order valence-corrected chi connectivity index (χ2v) is 17.1. The molecule has 2 aliphatic carbocycles. The van der Waals surface area contributed by atoms with Gasteiger partial charge < -0.3 is 14.2 Å². The van der Waals surface area contributed by atoms with Gasteiger partial charge in [-0.3, -0.25) is 14.5 Å². The third-order valence-electron chi connectivity index (χ3n) is 12.3. The van der Waals surface area contributed by atoms with E-state index in [1.165, 1.54) is 51.5 Å². The van der Waals surface area contributed by atoms with Crippen molar-refractivity contribution in [3.05, 3.63) is 58.7 Å². The van der Waals surface area contributed by atoms with Crippen molar-refractivity contribution in [2.24, 2.45) is 5.41 Å². The first-order chi connectivity index (χ1) is 23.5. The predicted molar refractivity (Wildman–Crippen MR) is 190 cm³/mol. The first kappa shape index (κ1) is 32.9. The summed E-state index contributed by atoms with van der Waals surface area (Å²) < 4.78 is 37.6. The Morgan fingerprint density at radius 3 is 2.39 bits per heavy atom.